The minimum atomic E-state index is -3.67. The maximum Gasteiger partial charge on any atom is 0.263 e. The summed E-state index contributed by atoms with van der Waals surface area (Å²) >= 11 is 2.70. The SMILES string of the molecule is Cc1nc(NS(=O)(=O)c2ccccc2)sc1-c1csc(Nc2ccccn2)n1. The third-order valence-electron chi connectivity index (χ3n) is 3.71. The number of nitrogens with zero attached hydrogens (tertiary/aromatic N) is 3. The van der Waals surface area contributed by atoms with Gasteiger partial charge < -0.3 is 5.32 Å². The first kappa shape index (κ1) is 18.5. The van der Waals surface area contributed by atoms with Gasteiger partial charge in [0.05, 0.1) is 21.2 Å². The van der Waals surface area contributed by atoms with Crippen molar-refractivity contribution < 1.29 is 8.42 Å². The van der Waals surface area contributed by atoms with E-state index in [1.54, 1.807) is 36.5 Å². The fourth-order valence-corrected chi connectivity index (χ4v) is 5.40. The molecule has 0 aliphatic heterocycles. The highest BCUT2D eigenvalue weighted by molar-refractivity contribution is 7.93. The van der Waals surface area contributed by atoms with Gasteiger partial charge in [0.1, 0.15) is 5.82 Å². The van der Waals surface area contributed by atoms with Gasteiger partial charge in [-0.05, 0) is 31.2 Å². The maximum atomic E-state index is 12.5. The normalized spacial score (nSPS) is 11.3. The van der Waals surface area contributed by atoms with E-state index in [0.29, 0.717) is 21.8 Å². The molecule has 0 bridgehead atoms. The maximum absolute atomic E-state index is 12.5. The highest BCUT2D eigenvalue weighted by Crippen LogP contribution is 2.35. The molecule has 4 aromatic rings. The summed E-state index contributed by atoms with van der Waals surface area (Å²) in [6, 6.07) is 13.8. The van der Waals surface area contributed by atoms with Crippen LogP contribution < -0.4 is 10.0 Å². The molecule has 0 saturated carbocycles. The van der Waals surface area contributed by atoms with Crippen LogP contribution in [0.5, 0.6) is 0 Å². The number of nitrogens with one attached hydrogen (secondary N) is 2. The molecule has 10 heteroatoms. The molecule has 0 atom stereocenters. The van der Waals surface area contributed by atoms with Crippen LogP contribution >= 0.6 is 22.7 Å². The Labute approximate surface area is 170 Å². The average molecular weight is 430 g/mol. The number of aryl methyl sites for hydroxylation is 1. The molecule has 28 heavy (non-hydrogen) atoms. The Morgan fingerprint density at radius 1 is 0.964 bits per heavy atom. The smallest absolute Gasteiger partial charge is 0.263 e. The van der Waals surface area contributed by atoms with Gasteiger partial charge in [-0.2, -0.15) is 0 Å². The van der Waals surface area contributed by atoms with E-state index in [2.05, 4.69) is 25.0 Å². The molecule has 0 radical (unpaired) electrons. The molecule has 0 saturated heterocycles. The van der Waals surface area contributed by atoms with Crippen LogP contribution in [0.25, 0.3) is 10.6 Å². The van der Waals surface area contributed by atoms with Crippen LogP contribution in [-0.4, -0.2) is 23.4 Å². The number of hydrogen-bond donors (Lipinski definition) is 2. The topological polar surface area (TPSA) is 96.9 Å². The first-order valence-electron chi connectivity index (χ1n) is 8.20. The highest BCUT2D eigenvalue weighted by atomic mass is 32.2. The number of anilines is 3. The molecule has 142 valence electrons. The van der Waals surface area contributed by atoms with Crippen molar-refractivity contribution in [2.75, 3.05) is 10.0 Å². The second-order valence-corrected chi connectivity index (χ2v) is 9.27. The summed E-state index contributed by atoms with van der Waals surface area (Å²) < 4.78 is 27.5. The number of thiazole rings is 2. The standard InChI is InChI=1S/C18H15N5O2S3/c1-12-16(14-11-26-17(21-14)22-15-9-5-6-10-19-15)27-18(20-12)23-28(24,25)13-7-3-2-4-8-13/h2-11H,1H3,(H,20,23)(H,19,21,22). The summed E-state index contributed by atoms with van der Waals surface area (Å²) in [5, 5.41) is 6.06. The van der Waals surface area contributed by atoms with Gasteiger partial charge in [-0.1, -0.05) is 35.6 Å². The lowest BCUT2D eigenvalue weighted by Crippen LogP contribution is -2.12. The van der Waals surface area contributed by atoms with Crippen LogP contribution in [-0.2, 0) is 10.0 Å². The number of aromatic nitrogens is 3. The molecule has 7 nitrogen and oxygen atoms in total. The van der Waals surface area contributed by atoms with Crippen LogP contribution in [0.3, 0.4) is 0 Å². The second kappa shape index (κ2) is 7.66. The average Bonchev–Trinajstić information content (AvgIpc) is 3.29. The van der Waals surface area contributed by atoms with E-state index in [-0.39, 0.29) is 4.90 Å². The van der Waals surface area contributed by atoms with Gasteiger partial charge in [-0.25, -0.2) is 23.4 Å². The summed E-state index contributed by atoms with van der Waals surface area (Å²) in [7, 11) is -3.67. The molecule has 0 aliphatic rings. The molecule has 1 aromatic carbocycles. The minimum Gasteiger partial charge on any atom is -0.316 e. The number of hydrogen-bond acceptors (Lipinski definition) is 8. The molecule has 0 amide bonds. The van der Waals surface area contributed by atoms with E-state index in [4.69, 9.17) is 0 Å². The second-order valence-electron chi connectivity index (χ2n) is 5.73. The van der Waals surface area contributed by atoms with Crippen molar-refractivity contribution in [3.63, 3.8) is 0 Å². The van der Waals surface area contributed by atoms with Gasteiger partial charge in [0.2, 0.25) is 0 Å². The van der Waals surface area contributed by atoms with Gasteiger partial charge in [0.25, 0.3) is 10.0 Å². The minimum absolute atomic E-state index is 0.194. The molecular weight excluding hydrogens is 414 g/mol. The van der Waals surface area contributed by atoms with Gasteiger partial charge in [0.15, 0.2) is 10.3 Å². The first-order chi connectivity index (χ1) is 13.5. The third kappa shape index (κ3) is 4.03. The molecule has 3 aromatic heterocycles. The fraction of sp³-hybridized carbons (Fsp3) is 0.0556. The summed E-state index contributed by atoms with van der Waals surface area (Å²) in [6.07, 6.45) is 1.70. The Morgan fingerprint density at radius 3 is 2.50 bits per heavy atom. The zero-order valence-corrected chi connectivity index (χ0v) is 17.1. The summed E-state index contributed by atoms with van der Waals surface area (Å²) in [4.78, 5) is 14.1. The van der Waals surface area contributed by atoms with Crippen molar-refractivity contribution in [1.82, 2.24) is 15.0 Å². The number of pyridine rings is 1. The van der Waals surface area contributed by atoms with Crippen molar-refractivity contribution in [1.29, 1.82) is 0 Å². The zero-order chi connectivity index (χ0) is 19.6. The van der Waals surface area contributed by atoms with E-state index in [1.807, 2.05) is 30.5 Å². The summed E-state index contributed by atoms with van der Waals surface area (Å²) in [6.45, 7) is 1.83. The van der Waals surface area contributed by atoms with Crippen LogP contribution in [0, 0.1) is 6.92 Å². The van der Waals surface area contributed by atoms with Gasteiger partial charge >= 0.3 is 0 Å². The quantitative estimate of drug-likeness (QED) is 0.468. The highest BCUT2D eigenvalue weighted by Gasteiger charge is 2.19. The molecule has 0 aliphatic carbocycles. The van der Waals surface area contributed by atoms with Crippen LogP contribution in [0.15, 0.2) is 65.0 Å². The largest absolute Gasteiger partial charge is 0.316 e. The Hall–Kier alpha value is -2.82. The lowest BCUT2D eigenvalue weighted by atomic mass is 10.3. The Morgan fingerprint density at radius 2 is 1.75 bits per heavy atom. The van der Waals surface area contributed by atoms with Crippen LogP contribution in [0.1, 0.15) is 5.69 Å². The first-order valence-corrected chi connectivity index (χ1v) is 11.4. The lowest BCUT2D eigenvalue weighted by molar-refractivity contribution is 0.601. The predicted molar refractivity (Wildman–Crippen MR) is 113 cm³/mol. The molecule has 2 N–H and O–H groups in total. The van der Waals surface area contributed by atoms with Crippen LogP contribution in [0.4, 0.5) is 16.1 Å². The van der Waals surface area contributed by atoms with Crippen molar-refractivity contribution in [3.05, 3.63) is 65.8 Å². The molecular formula is C18H15N5O2S3. The van der Waals surface area contributed by atoms with Crippen molar-refractivity contribution in [3.8, 4) is 10.6 Å². The van der Waals surface area contributed by atoms with E-state index in [0.717, 1.165) is 10.6 Å². The molecule has 0 unspecified atom stereocenters. The number of rotatable bonds is 6. The van der Waals surface area contributed by atoms with E-state index in [1.165, 1.54) is 22.7 Å². The van der Waals surface area contributed by atoms with Gasteiger partial charge in [-0.3, -0.25) is 4.72 Å². The van der Waals surface area contributed by atoms with Gasteiger partial charge in [-0.15, -0.1) is 11.3 Å². The van der Waals surface area contributed by atoms with E-state index < -0.39 is 10.0 Å². The molecule has 0 spiro atoms. The Bertz CT molecular complexity index is 1190. The fourth-order valence-electron chi connectivity index (χ4n) is 2.43. The predicted octanol–water partition coefficient (Wildman–Crippen LogP) is 4.51. The number of sulfonamides is 1. The monoisotopic (exact) mass is 429 g/mol. The molecule has 3 heterocycles. The van der Waals surface area contributed by atoms with Gasteiger partial charge in [0, 0.05) is 11.6 Å². The Balaban J connectivity index is 1.55. The lowest BCUT2D eigenvalue weighted by Gasteiger charge is -2.04. The Kier molecular flexibility index (Phi) is 5.07. The third-order valence-corrected chi connectivity index (χ3v) is 7.05. The van der Waals surface area contributed by atoms with Crippen LogP contribution in [0.2, 0.25) is 0 Å². The molecule has 4 rings (SSSR count). The van der Waals surface area contributed by atoms with E-state index >= 15 is 0 Å². The summed E-state index contributed by atoms with van der Waals surface area (Å²) in [5.74, 6) is 0.709. The summed E-state index contributed by atoms with van der Waals surface area (Å²) in [5.41, 5.74) is 1.45. The number of benzene rings is 1. The van der Waals surface area contributed by atoms with Crippen molar-refractivity contribution in [2.24, 2.45) is 0 Å². The molecule has 0 fully saturated rings. The zero-order valence-electron chi connectivity index (χ0n) is 14.7. The van der Waals surface area contributed by atoms with E-state index in [9.17, 15) is 8.42 Å². The van der Waals surface area contributed by atoms with Crippen molar-refractivity contribution in [2.45, 2.75) is 11.8 Å². The van der Waals surface area contributed by atoms with Crippen molar-refractivity contribution >= 4 is 48.8 Å².